The fourth-order valence-electron chi connectivity index (χ4n) is 2.19. The van der Waals surface area contributed by atoms with Crippen molar-refractivity contribution in [1.82, 2.24) is 5.32 Å². The number of nitrogens with one attached hydrogen (secondary N) is 2. The number of ether oxygens (including phenoxy) is 1. The van der Waals surface area contributed by atoms with E-state index in [1.807, 2.05) is 6.92 Å². The van der Waals surface area contributed by atoms with Gasteiger partial charge in [0.05, 0.1) is 12.2 Å². The summed E-state index contributed by atoms with van der Waals surface area (Å²) in [6.07, 6.45) is 1.25. The van der Waals surface area contributed by atoms with Gasteiger partial charge >= 0.3 is 0 Å². The van der Waals surface area contributed by atoms with Gasteiger partial charge in [0.2, 0.25) is 5.91 Å². The van der Waals surface area contributed by atoms with Gasteiger partial charge in [-0.3, -0.25) is 9.59 Å². The number of amides is 1. The van der Waals surface area contributed by atoms with Gasteiger partial charge < -0.3 is 15.4 Å². The smallest absolute Gasteiger partial charge is 0.224 e. The molecule has 0 saturated carbocycles. The molecule has 5 heteroatoms. The van der Waals surface area contributed by atoms with Gasteiger partial charge in [0.15, 0.2) is 5.78 Å². The van der Waals surface area contributed by atoms with E-state index in [0.717, 1.165) is 13.0 Å². The Kier molecular flexibility index (Phi) is 8.47. The zero-order valence-electron chi connectivity index (χ0n) is 15.4. The maximum atomic E-state index is 11.9. The molecule has 0 heterocycles. The van der Waals surface area contributed by atoms with Crippen LogP contribution in [0.3, 0.4) is 0 Å². The van der Waals surface area contributed by atoms with Crippen LogP contribution in [-0.4, -0.2) is 30.9 Å². The minimum atomic E-state index is -0.0791. The lowest BCUT2D eigenvalue weighted by atomic mass is 10.1. The second-order valence-corrected chi connectivity index (χ2v) is 6.54. The van der Waals surface area contributed by atoms with Crippen molar-refractivity contribution >= 4 is 17.4 Å². The van der Waals surface area contributed by atoms with Crippen LogP contribution < -0.4 is 15.4 Å². The number of rotatable bonds is 10. The molecule has 2 N–H and O–H groups in total. The van der Waals surface area contributed by atoms with Gasteiger partial charge in [0.1, 0.15) is 5.75 Å². The number of benzene rings is 1. The zero-order chi connectivity index (χ0) is 18.1. The Morgan fingerprint density at radius 2 is 1.92 bits per heavy atom. The molecule has 1 aromatic rings. The Morgan fingerprint density at radius 3 is 2.50 bits per heavy atom. The molecule has 1 atom stereocenters. The van der Waals surface area contributed by atoms with Crippen LogP contribution in [0.25, 0.3) is 0 Å². The highest BCUT2D eigenvalue weighted by atomic mass is 16.5. The fourth-order valence-corrected chi connectivity index (χ4v) is 2.19. The molecule has 0 spiro atoms. The third-order valence-electron chi connectivity index (χ3n) is 3.52. The molecule has 0 bridgehead atoms. The summed E-state index contributed by atoms with van der Waals surface area (Å²) in [6, 6.07) is 5.64. The van der Waals surface area contributed by atoms with Crippen molar-refractivity contribution in [2.75, 3.05) is 18.5 Å². The number of ketones is 1. The van der Waals surface area contributed by atoms with Crippen molar-refractivity contribution in [2.45, 2.75) is 53.5 Å². The predicted molar refractivity (Wildman–Crippen MR) is 97.8 cm³/mol. The van der Waals surface area contributed by atoms with Crippen LogP contribution >= 0.6 is 0 Å². The standard InChI is InChI=1S/C19H30N2O3/c1-6-7-19(23)21-16-8-9-18(17(10-16)15(5)22)24-12-14(4)11-20-13(2)3/h8-10,13-14,20H,6-7,11-12H2,1-5H3,(H,21,23). The van der Waals surface area contributed by atoms with E-state index in [-0.39, 0.29) is 11.7 Å². The lowest BCUT2D eigenvalue weighted by molar-refractivity contribution is -0.116. The number of carbonyl (C=O) groups excluding carboxylic acids is 2. The molecule has 0 aliphatic heterocycles. The summed E-state index contributed by atoms with van der Waals surface area (Å²) in [6.45, 7) is 11.2. The van der Waals surface area contributed by atoms with Crippen molar-refractivity contribution in [3.63, 3.8) is 0 Å². The van der Waals surface area contributed by atoms with E-state index < -0.39 is 0 Å². The first kappa shape index (κ1) is 20.2. The van der Waals surface area contributed by atoms with Crippen molar-refractivity contribution in [2.24, 2.45) is 5.92 Å². The predicted octanol–water partition coefficient (Wildman–Crippen LogP) is 3.64. The zero-order valence-corrected chi connectivity index (χ0v) is 15.4. The van der Waals surface area contributed by atoms with Crippen LogP contribution in [0.4, 0.5) is 5.69 Å². The number of carbonyl (C=O) groups is 2. The lowest BCUT2D eigenvalue weighted by Gasteiger charge is -2.17. The highest BCUT2D eigenvalue weighted by Crippen LogP contribution is 2.24. The maximum Gasteiger partial charge on any atom is 0.224 e. The van der Waals surface area contributed by atoms with Crippen molar-refractivity contribution < 1.29 is 14.3 Å². The van der Waals surface area contributed by atoms with E-state index in [2.05, 4.69) is 31.4 Å². The number of Topliss-reactive ketones (excluding diaryl/α,β-unsaturated/α-hetero) is 1. The number of hydrogen-bond acceptors (Lipinski definition) is 4. The summed E-state index contributed by atoms with van der Waals surface area (Å²) in [5.41, 5.74) is 1.12. The van der Waals surface area contributed by atoms with Crippen LogP contribution in [0.15, 0.2) is 18.2 Å². The molecule has 5 nitrogen and oxygen atoms in total. The van der Waals surface area contributed by atoms with Crippen LogP contribution in [-0.2, 0) is 4.79 Å². The molecule has 0 aliphatic rings. The fraction of sp³-hybridized carbons (Fsp3) is 0.579. The van der Waals surface area contributed by atoms with Crippen molar-refractivity contribution in [1.29, 1.82) is 0 Å². The van der Waals surface area contributed by atoms with Crippen LogP contribution in [0.2, 0.25) is 0 Å². The Balaban J connectivity index is 2.73. The molecule has 1 aromatic carbocycles. The molecule has 1 unspecified atom stereocenters. The average molecular weight is 334 g/mol. The van der Waals surface area contributed by atoms with E-state index in [4.69, 9.17) is 4.74 Å². The van der Waals surface area contributed by atoms with Gasteiger partial charge in [-0.25, -0.2) is 0 Å². The highest BCUT2D eigenvalue weighted by molar-refractivity contribution is 5.99. The van der Waals surface area contributed by atoms with Crippen LogP contribution in [0.5, 0.6) is 5.75 Å². The molecule has 1 amide bonds. The number of anilines is 1. The highest BCUT2D eigenvalue weighted by Gasteiger charge is 2.13. The second kappa shape index (κ2) is 10.1. The molecule has 0 fully saturated rings. The number of hydrogen-bond donors (Lipinski definition) is 2. The molecule has 1 rings (SSSR count). The largest absolute Gasteiger partial charge is 0.493 e. The average Bonchev–Trinajstić information content (AvgIpc) is 2.51. The third-order valence-corrected chi connectivity index (χ3v) is 3.52. The van der Waals surface area contributed by atoms with E-state index in [0.29, 0.717) is 42.0 Å². The molecule has 0 saturated heterocycles. The van der Waals surface area contributed by atoms with E-state index in [1.54, 1.807) is 18.2 Å². The van der Waals surface area contributed by atoms with Gasteiger partial charge in [0, 0.05) is 30.6 Å². The third kappa shape index (κ3) is 7.13. The van der Waals surface area contributed by atoms with Gasteiger partial charge in [0.25, 0.3) is 0 Å². The molecule has 24 heavy (non-hydrogen) atoms. The van der Waals surface area contributed by atoms with Crippen LogP contribution in [0.1, 0.15) is 57.8 Å². The second-order valence-electron chi connectivity index (χ2n) is 6.54. The molecule has 0 aromatic heterocycles. The van der Waals surface area contributed by atoms with Gasteiger partial charge in [-0.05, 0) is 31.5 Å². The minimum absolute atomic E-state index is 0.0472. The summed E-state index contributed by atoms with van der Waals surface area (Å²) in [7, 11) is 0. The van der Waals surface area contributed by atoms with Crippen molar-refractivity contribution in [3.05, 3.63) is 23.8 Å². The quantitative estimate of drug-likeness (QED) is 0.641. The summed E-state index contributed by atoms with van der Waals surface area (Å²) < 4.78 is 5.83. The topological polar surface area (TPSA) is 67.4 Å². The SMILES string of the molecule is CCCC(=O)Nc1ccc(OCC(C)CNC(C)C)c(C(C)=O)c1. The maximum absolute atomic E-state index is 11.9. The Bertz CT molecular complexity index is 556. The van der Waals surface area contributed by atoms with Crippen molar-refractivity contribution in [3.8, 4) is 5.75 Å². The normalized spacial score (nSPS) is 12.1. The Labute approximate surface area is 145 Å². The van der Waals surface area contributed by atoms with E-state index in [9.17, 15) is 9.59 Å². The molecule has 0 radical (unpaired) electrons. The Hall–Kier alpha value is -1.88. The van der Waals surface area contributed by atoms with Gasteiger partial charge in [-0.2, -0.15) is 0 Å². The summed E-state index contributed by atoms with van der Waals surface area (Å²) in [5, 5.41) is 6.17. The van der Waals surface area contributed by atoms with Gasteiger partial charge in [-0.1, -0.05) is 27.7 Å². The van der Waals surface area contributed by atoms with E-state index >= 15 is 0 Å². The lowest BCUT2D eigenvalue weighted by Crippen LogP contribution is -2.30. The molecule has 0 aliphatic carbocycles. The summed E-state index contributed by atoms with van der Waals surface area (Å²) in [5.74, 6) is 0.766. The monoisotopic (exact) mass is 334 g/mol. The molecular formula is C19H30N2O3. The summed E-state index contributed by atoms with van der Waals surface area (Å²) >= 11 is 0. The molecular weight excluding hydrogens is 304 g/mol. The Morgan fingerprint density at radius 1 is 1.21 bits per heavy atom. The first-order valence-corrected chi connectivity index (χ1v) is 8.64. The summed E-state index contributed by atoms with van der Waals surface area (Å²) in [4.78, 5) is 23.6. The van der Waals surface area contributed by atoms with Gasteiger partial charge in [-0.15, -0.1) is 0 Å². The minimum Gasteiger partial charge on any atom is -0.493 e. The first-order chi connectivity index (χ1) is 11.3. The molecule has 134 valence electrons. The van der Waals surface area contributed by atoms with E-state index in [1.165, 1.54) is 6.92 Å². The first-order valence-electron chi connectivity index (χ1n) is 8.64. The van der Waals surface area contributed by atoms with Crippen LogP contribution in [0, 0.1) is 5.92 Å².